The van der Waals surface area contributed by atoms with Crippen LogP contribution < -0.4 is 0 Å². The zero-order valence-electron chi connectivity index (χ0n) is 11.7. The number of rotatable bonds is 6. The van der Waals surface area contributed by atoms with Crippen LogP contribution in [0.1, 0.15) is 0 Å². The summed E-state index contributed by atoms with van der Waals surface area (Å²) < 4.78 is 130. The quantitative estimate of drug-likeness (QED) is 0.616. The average Bonchev–Trinajstić information content (AvgIpc) is 2.33. The van der Waals surface area contributed by atoms with Crippen molar-refractivity contribution in [1.29, 1.82) is 0 Å². The minimum absolute atomic E-state index is 0.426. The number of sulfonamides is 4. The van der Waals surface area contributed by atoms with Gasteiger partial charge in [0.05, 0.1) is 10.0 Å². The minimum Gasteiger partial charge on any atom is -0.432 e. The number of benzene rings is 1. The molecule has 0 atom stereocenters. The van der Waals surface area contributed by atoms with Gasteiger partial charge in [0.1, 0.15) is 20.0 Å². The number of halogens is 3. The zero-order valence-corrected chi connectivity index (χ0v) is 15.0. The first-order valence-electron chi connectivity index (χ1n) is 5.47. The summed E-state index contributed by atoms with van der Waals surface area (Å²) >= 11 is 0. The van der Waals surface area contributed by atoms with Gasteiger partial charge < -0.3 is 8.25 Å². The van der Waals surface area contributed by atoms with Crippen molar-refractivity contribution >= 4 is 40.1 Å². The van der Waals surface area contributed by atoms with E-state index in [1.54, 1.807) is 4.13 Å². The van der Waals surface area contributed by atoms with E-state index in [4.69, 9.17) is 0 Å². The fourth-order valence-corrected chi connectivity index (χ4v) is 5.67. The lowest BCUT2D eigenvalue weighted by molar-refractivity contribution is -0.0425. The highest BCUT2D eigenvalue weighted by molar-refractivity contribution is 8.12. The van der Waals surface area contributed by atoms with E-state index < -0.39 is 55.4 Å². The summed E-state index contributed by atoms with van der Waals surface area (Å²) in [5.74, 6) is 0. The van der Waals surface area contributed by atoms with Crippen LogP contribution in [0.25, 0.3) is 8.25 Å². The van der Waals surface area contributed by atoms with Gasteiger partial charge in [-0.15, -0.1) is 0 Å². The molecule has 1 aromatic rings. The van der Waals surface area contributed by atoms with E-state index in [-0.39, 0.29) is 0 Å². The summed E-state index contributed by atoms with van der Waals surface area (Å²) in [6.45, 7) is 0. The third-order valence-electron chi connectivity index (χ3n) is 2.14. The van der Waals surface area contributed by atoms with E-state index >= 15 is 0 Å². The lowest BCUT2D eigenvalue weighted by atomic mass is 10.4. The van der Waals surface area contributed by atoms with Gasteiger partial charge in [0.2, 0.25) is 0 Å². The van der Waals surface area contributed by atoms with E-state index in [1.807, 2.05) is 0 Å². The van der Waals surface area contributed by atoms with Gasteiger partial charge in [0, 0.05) is 16.0 Å². The molecule has 0 amide bonds. The van der Waals surface area contributed by atoms with Crippen molar-refractivity contribution in [2.75, 3.05) is 6.26 Å². The summed E-state index contributed by atoms with van der Waals surface area (Å²) in [6.07, 6.45) is 0.476. The second kappa shape index (κ2) is 6.47. The van der Waals surface area contributed by atoms with E-state index in [0.29, 0.717) is 30.5 Å². The monoisotopic (exact) mass is 444 g/mol. The largest absolute Gasteiger partial charge is 0.480 e. The first-order chi connectivity index (χ1) is 10.9. The van der Waals surface area contributed by atoms with Crippen molar-refractivity contribution < 1.29 is 46.8 Å². The van der Waals surface area contributed by atoms with Crippen LogP contribution in [0, 0.1) is 0 Å². The number of alkyl halides is 3. The maximum atomic E-state index is 12.2. The smallest absolute Gasteiger partial charge is 0.432 e. The molecule has 0 unspecified atom stereocenters. The normalized spacial score (nSPS) is 14.4. The zero-order chi connectivity index (χ0) is 19.9. The summed E-state index contributed by atoms with van der Waals surface area (Å²) in [5.41, 5.74) is -5.95. The molecule has 17 heteroatoms. The molecule has 10 nitrogen and oxygen atoms in total. The molecule has 0 aliphatic carbocycles. The molecule has 0 bridgehead atoms. The van der Waals surface area contributed by atoms with Crippen molar-refractivity contribution in [2.45, 2.75) is 15.3 Å². The van der Waals surface area contributed by atoms with Gasteiger partial charge in [0.15, 0.2) is 10.0 Å². The first kappa shape index (κ1) is 21.8. The standard InChI is InChI=1S/C8H7F3N2O8S4/c1-22(14,15)12-23(16,17)6-2-4-7(5-3-6)24(18,19)13-25(20,21)8(9,10)11/h2-5H,1H3/q-2. The highest BCUT2D eigenvalue weighted by Crippen LogP contribution is 2.32. The molecule has 0 aliphatic rings. The third kappa shape index (κ3) is 5.61. The Bertz CT molecular complexity index is 1070. The van der Waals surface area contributed by atoms with Crippen molar-refractivity contribution in [3.05, 3.63) is 32.5 Å². The van der Waals surface area contributed by atoms with Gasteiger partial charge in [0.25, 0.3) is 0 Å². The Balaban J connectivity index is 3.23. The summed E-state index contributed by atoms with van der Waals surface area (Å²) in [5, 5.41) is 0. The predicted octanol–water partition coefficient (Wildman–Crippen LogP) is 0.621. The molecule has 0 heterocycles. The molecule has 0 radical (unpaired) electrons. The molecule has 0 aliphatic heterocycles. The molecule has 0 N–H and O–H groups in total. The highest BCUT2D eigenvalue weighted by Gasteiger charge is 2.40. The fraction of sp³-hybridized carbons (Fsp3) is 0.250. The topological polar surface area (TPSA) is 165 Å². The molecular weight excluding hydrogens is 437 g/mol. The lowest BCUT2D eigenvalue weighted by Crippen LogP contribution is -2.24. The minimum atomic E-state index is -6.35. The van der Waals surface area contributed by atoms with E-state index in [1.165, 1.54) is 0 Å². The average molecular weight is 444 g/mol. The van der Waals surface area contributed by atoms with Gasteiger partial charge in [-0.1, -0.05) is 0 Å². The Labute approximate surface area is 141 Å². The Morgan fingerprint density at radius 2 is 1.04 bits per heavy atom. The van der Waals surface area contributed by atoms with Gasteiger partial charge in [-0.05, 0) is 24.3 Å². The van der Waals surface area contributed by atoms with E-state index in [0.717, 1.165) is 0 Å². The Morgan fingerprint density at radius 3 is 1.32 bits per heavy atom. The van der Waals surface area contributed by atoms with Crippen LogP contribution in [-0.2, 0) is 40.1 Å². The van der Waals surface area contributed by atoms with Crippen LogP contribution in [0.4, 0.5) is 13.2 Å². The molecule has 144 valence electrons. The van der Waals surface area contributed by atoms with Crippen molar-refractivity contribution in [3.63, 3.8) is 0 Å². The van der Waals surface area contributed by atoms with Crippen LogP contribution >= 0.6 is 0 Å². The molecule has 0 saturated carbocycles. The summed E-state index contributed by atoms with van der Waals surface area (Å²) in [7, 11) is -20.7. The Kier molecular flexibility index (Phi) is 5.63. The number of hydrogen-bond acceptors (Lipinski definition) is 8. The maximum Gasteiger partial charge on any atom is 0.480 e. The summed E-state index contributed by atoms with van der Waals surface area (Å²) in [6, 6.07) is 1.87. The van der Waals surface area contributed by atoms with Crippen LogP contribution in [0.15, 0.2) is 34.1 Å². The van der Waals surface area contributed by atoms with Crippen LogP contribution in [0.5, 0.6) is 0 Å². The third-order valence-corrected chi connectivity index (χ3v) is 7.90. The second-order valence-electron chi connectivity index (χ2n) is 4.22. The molecule has 0 saturated heterocycles. The SMILES string of the molecule is CS(=O)(=O)[N-]S(=O)(=O)c1ccc(S(=O)(=O)[N-]S(=O)(=O)C(F)(F)F)cc1. The van der Waals surface area contributed by atoms with E-state index in [9.17, 15) is 46.8 Å². The maximum absolute atomic E-state index is 12.2. The highest BCUT2D eigenvalue weighted by atomic mass is 32.3. The predicted molar refractivity (Wildman–Crippen MR) is 77.4 cm³/mol. The lowest BCUT2D eigenvalue weighted by Gasteiger charge is -2.22. The van der Waals surface area contributed by atoms with Crippen molar-refractivity contribution in [2.24, 2.45) is 0 Å². The molecule has 1 aromatic carbocycles. The van der Waals surface area contributed by atoms with Gasteiger partial charge in [-0.25, -0.2) is 33.7 Å². The van der Waals surface area contributed by atoms with E-state index in [2.05, 4.69) is 4.13 Å². The van der Waals surface area contributed by atoms with Crippen molar-refractivity contribution in [3.8, 4) is 0 Å². The molecule has 0 spiro atoms. The van der Waals surface area contributed by atoms with Crippen LogP contribution in [0.3, 0.4) is 0 Å². The molecule has 0 aromatic heterocycles. The summed E-state index contributed by atoms with van der Waals surface area (Å²) in [4.78, 5) is -1.87. The Morgan fingerprint density at radius 1 is 0.720 bits per heavy atom. The first-order valence-corrected chi connectivity index (χ1v) is 11.6. The van der Waals surface area contributed by atoms with Crippen molar-refractivity contribution in [1.82, 2.24) is 0 Å². The van der Waals surface area contributed by atoms with Crippen LogP contribution in [-0.4, -0.2) is 45.4 Å². The van der Waals surface area contributed by atoms with Gasteiger partial charge in [-0.2, -0.15) is 13.2 Å². The Hall–Kier alpha value is -1.27. The molecule has 25 heavy (non-hydrogen) atoms. The molecule has 0 fully saturated rings. The number of nitrogens with zero attached hydrogens (tertiary/aromatic N) is 2. The van der Waals surface area contributed by atoms with Gasteiger partial charge in [-0.3, -0.25) is 0 Å². The molecule has 1 rings (SSSR count). The molecular formula is C8H7F3N2O8S4-2. The number of hydrogen-bond donors (Lipinski definition) is 0. The van der Waals surface area contributed by atoms with Gasteiger partial charge >= 0.3 is 5.51 Å². The van der Waals surface area contributed by atoms with Crippen LogP contribution in [0.2, 0.25) is 0 Å². The second-order valence-corrected chi connectivity index (χ2v) is 11.1. The fourth-order valence-electron chi connectivity index (χ4n) is 1.22.